The minimum Gasteiger partial charge on any atom is -0.359 e. The van der Waals surface area contributed by atoms with Gasteiger partial charge in [-0.05, 0) is 18.1 Å². The van der Waals surface area contributed by atoms with E-state index < -0.39 is 0 Å². The Morgan fingerprint density at radius 3 is 2.62 bits per heavy atom. The second kappa shape index (κ2) is 5.99. The molecule has 0 aliphatic rings. The van der Waals surface area contributed by atoms with Gasteiger partial charge in [-0.3, -0.25) is 5.32 Å². The van der Waals surface area contributed by atoms with E-state index in [2.05, 4.69) is 15.8 Å². The number of urea groups is 1. The summed E-state index contributed by atoms with van der Waals surface area (Å²) in [4.78, 5) is 11.9. The molecule has 0 saturated carbocycles. The lowest BCUT2D eigenvalue weighted by Crippen LogP contribution is -2.28. The van der Waals surface area contributed by atoms with Crippen molar-refractivity contribution < 1.29 is 9.32 Å². The zero-order valence-corrected chi connectivity index (χ0v) is 12.9. The van der Waals surface area contributed by atoms with Crippen LogP contribution in [0, 0.1) is 6.92 Å². The average Bonchev–Trinajstić information content (AvgIpc) is 2.86. The molecule has 0 spiro atoms. The number of hydrogen-bond acceptors (Lipinski definition) is 3. The number of anilines is 1. The lowest BCUT2D eigenvalue weighted by atomic mass is 9.93. The van der Waals surface area contributed by atoms with E-state index in [0.29, 0.717) is 12.4 Å². The number of benzene rings is 1. The van der Waals surface area contributed by atoms with Gasteiger partial charge in [-0.25, -0.2) is 4.79 Å². The van der Waals surface area contributed by atoms with Gasteiger partial charge in [0.1, 0.15) is 5.76 Å². The van der Waals surface area contributed by atoms with E-state index in [9.17, 15) is 4.79 Å². The molecule has 0 bridgehead atoms. The van der Waals surface area contributed by atoms with Gasteiger partial charge in [0.15, 0.2) is 5.82 Å². The molecule has 112 valence electrons. The minimum absolute atomic E-state index is 0.134. The molecule has 2 rings (SSSR count). The van der Waals surface area contributed by atoms with Crippen molar-refractivity contribution in [2.45, 2.75) is 39.7 Å². The van der Waals surface area contributed by atoms with Crippen molar-refractivity contribution in [1.29, 1.82) is 0 Å². The first-order chi connectivity index (χ1) is 9.86. The first-order valence-electron chi connectivity index (χ1n) is 6.93. The molecule has 5 nitrogen and oxygen atoms in total. The Morgan fingerprint density at radius 2 is 2.00 bits per heavy atom. The Kier molecular flexibility index (Phi) is 4.31. The molecule has 2 N–H and O–H groups in total. The van der Waals surface area contributed by atoms with Crippen LogP contribution in [0.5, 0.6) is 0 Å². The number of carbonyl (C=O) groups is 1. The molecular formula is C16H21N3O2. The van der Waals surface area contributed by atoms with Crippen LogP contribution in [0.3, 0.4) is 0 Å². The van der Waals surface area contributed by atoms with Crippen LogP contribution >= 0.6 is 0 Å². The lowest BCUT2D eigenvalue weighted by Gasteiger charge is -2.12. The van der Waals surface area contributed by atoms with E-state index in [0.717, 1.165) is 16.9 Å². The molecule has 5 heteroatoms. The number of carbonyl (C=O) groups excluding carboxylic acids is 1. The molecule has 0 fully saturated rings. The Bertz CT molecular complexity index is 626. The summed E-state index contributed by atoms with van der Waals surface area (Å²) in [6.07, 6.45) is 0. The van der Waals surface area contributed by atoms with Gasteiger partial charge in [0.25, 0.3) is 0 Å². The molecule has 21 heavy (non-hydrogen) atoms. The van der Waals surface area contributed by atoms with Crippen molar-refractivity contribution in [3.05, 3.63) is 47.2 Å². The average molecular weight is 287 g/mol. The highest BCUT2D eigenvalue weighted by atomic mass is 16.5. The molecule has 0 aliphatic heterocycles. The van der Waals surface area contributed by atoms with Crippen LogP contribution < -0.4 is 10.6 Å². The fourth-order valence-corrected chi connectivity index (χ4v) is 1.83. The van der Waals surface area contributed by atoms with E-state index in [1.54, 1.807) is 6.07 Å². The number of hydrogen-bond donors (Lipinski definition) is 2. The summed E-state index contributed by atoms with van der Waals surface area (Å²) < 4.78 is 5.22. The maximum Gasteiger partial charge on any atom is 0.320 e. The van der Waals surface area contributed by atoms with Gasteiger partial charge in [-0.2, -0.15) is 0 Å². The van der Waals surface area contributed by atoms with Gasteiger partial charge in [0, 0.05) is 18.0 Å². The van der Waals surface area contributed by atoms with Gasteiger partial charge in [-0.15, -0.1) is 0 Å². The molecule has 0 radical (unpaired) electrons. The molecule has 0 aliphatic carbocycles. The zero-order chi connectivity index (χ0) is 15.5. The monoisotopic (exact) mass is 287 g/mol. The second-order valence-electron chi connectivity index (χ2n) is 6.06. The molecule has 2 amide bonds. The number of rotatable bonds is 3. The Morgan fingerprint density at radius 1 is 1.29 bits per heavy atom. The van der Waals surface area contributed by atoms with Crippen LogP contribution in [0.15, 0.2) is 34.9 Å². The first kappa shape index (κ1) is 15.1. The number of amides is 2. The first-order valence-corrected chi connectivity index (χ1v) is 6.93. The fourth-order valence-electron chi connectivity index (χ4n) is 1.83. The number of nitrogens with zero attached hydrogens (tertiary/aromatic N) is 1. The molecule has 1 heterocycles. The molecule has 0 atom stereocenters. The predicted molar refractivity (Wildman–Crippen MR) is 82.2 cm³/mol. The Balaban J connectivity index is 1.90. The SMILES string of the molecule is Cc1ccccc1CNC(=O)Nc1cc(C(C)(C)C)on1. The maximum absolute atomic E-state index is 11.9. The Labute approximate surface area is 124 Å². The van der Waals surface area contributed by atoms with Crippen LogP contribution in [-0.4, -0.2) is 11.2 Å². The summed E-state index contributed by atoms with van der Waals surface area (Å²) >= 11 is 0. The van der Waals surface area contributed by atoms with Crippen molar-refractivity contribution >= 4 is 11.8 Å². The summed E-state index contributed by atoms with van der Waals surface area (Å²) in [5, 5.41) is 9.32. The number of nitrogens with one attached hydrogen (secondary N) is 2. The highest BCUT2D eigenvalue weighted by Gasteiger charge is 2.20. The third kappa shape index (κ3) is 4.08. The topological polar surface area (TPSA) is 67.2 Å². The lowest BCUT2D eigenvalue weighted by molar-refractivity contribution is 0.251. The quantitative estimate of drug-likeness (QED) is 0.906. The standard InChI is InChI=1S/C16H21N3O2/c1-11-7-5-6-8-12(11)10-17-15(20)18-14-9-13(21-19-14)16(2,3)4/h5-9H,10H2,1-4H3,(H2,17,18,19,20). The largest absolute Gasteiger partial charge is 0.359 e. The van der Waals surface area contributed by atoms with E-state index >= 15 is 0 Å². The van der Waals surface area contributed by atoms with Crippen molar-refractivity contribution in [3.8, 4) is 0 Å². The van der Waals surface area contributed by atoms with Gasteiger partial charge in [0.2, 0.25) is 0 Å². The van der Waals surface area contributed by atoms with E-state index in [1.807, 2.05) is 52.0 Å². The van der Waals surface area contributed by atoms with Crippen LogP contribution in [0.1, 0.15) is 37.7 Å². The summed E-state index contributed by atoms with van der Waals surface area (Å²) in [6, 6.07) is 9.38. The zero-order valence-electron chi connectivity index (χ0n) is 12.9. The molecule has 1 aromatic carbocycles. The third-order valence-electron chi connectivity index (χ3n) is 3.19. The van der Waals surface area contributed by atoms with Crippen LogP contribution in [0.25, 0.3) is 0 Å². The number of aryl methyl sites for hydroxylation is 1. The molecule has 1 aromatic heterocycles. The van der Waals surface area contributed by atoms with Gasteiger partial charge in [-0.1, -0.05) is 50.2 Å². The number of aromatic nitrogens is 1. The minimum atomic E-state index is -0.299. The van der Waals surface area contributed by atoms with Crippen LogP contribution in [0.4, 0.5) is 10.6 Å². The molecule has 2 aromatic rings. The summed E-state index contributed by atoms with van der Waals surface area (Å²) in [5.41, 5.74) is 2.10. The molecular weight excluding hydrogens is 266 g/mol. The second-order valence-corrected chi connectivity index (χ2v) is 6.06. The summed E-state index contributed by atoms with van der Waals surface area (Å²) in [7, 11) is 0. The van der Waals surface area contributed by atoms with Gasteiger partial charge in [0.05, 0.1) is 0 Å². The van der Waals surface area contributed by atoms with E-state index in [4.69, 9.17) is 4.52 Å². The fraction of sp³-hybridized carbons (Fsp3) is 0.375. The summed E-state index contributed by atoms with van der Waals surface area (Å²) in [5.74, 6) is 1.15. The van der Waals surface area contributed by atoms with E-state index in [1.165, 1.54) is 0 Å². The van der Waals surface area contributed by atoms with E-state index in [-0.39, 0.29) is 11.4 Å². The smallest absolute Gasteiger partial charge is 0.320 e. The van der Waals surface area contributed by atoms with Gasteiger partial charge < -0.3 is 9.84 Å². The Hall–Kier alpha value is -2.30. The highest BCUT2D eigenvalue weighted by molar-refractivity contribution is 5.88. The van der Waals surface area contributed by atoms with Gasteiger partial charge >= 0.3 is 6.03 Å². The van der Waals surface area contributed by atoms with Crippen LogP contribution in [-0.2, 0) is 12.0 Å². The normalized spacial score (nSPS) is 11.2. The van der Waals surface area contributed by atoms with Crippen molar-refractivity contribution in [1.82, 2.24) is 10.5 Å². The van der Waals surface area contributed by atoms with Crippen molar-refractivity contribution in [3.63, 3.8) is 0 Å². The predicted octanol–water partition coefficient (Wildman–Crippen LogP) is 3.60. The van der Waals surface area contributed by atoms with Crippen molar-refractivity contribution in [2.24, 2.45) is 0 Å². The molecule has 0 saturated heterocycles. The summed E-state index contributed by atoms with van der Waals surface area (Å²) in [6.45, 7) is 8.56. The van der Waals surface area contributed by atoms with Crippen molar-refractivity contribution in [2.75, 3.05) is 5.32 Å². The highest BCUT2D eigenvalue weighted by Crippen LogP contribution is 2.24. The van der Waals surface area contributed by atoms with Crippen LogP contribution in [0.2, 0.25) is 0 Å². The molecule has 0 unspecified atom stereocenters. The third-order valence-corrected chi connectivity index (χ3v) is 3.19. The maximum atomic E-state index is 11.9.